The molecule has 1 atom stereocenters. The summed E-state index contributed by atoms with van der Waals surface area (Å²) < 4.78 is 10.8. The van der Waals surface area contributed by atoms with Crippen molar-refractivity contribution in [2.24, 2.45) is 0 Å². The topological polar surface area (TPSA) is 67.9 Å². The van der Waals surface area contributed by atoms with E-state index in [4.69, 9.17) is 9.47 Å². The van der Waals surface area contributed by atoms with Gasteiger partial charge in [0.15, 0.2) is 6.61 Å². The average Bonchev–Trinajstić information content (AvgIpc) is 2.86. The Labute approximate surface area is 195 Å². The van der Waals surface area contributed by atoms with Gasteiger partial charge in [0.05, 0.1) is 6.61 Å². The van der Waals surface area contributed by atoms with E-state index >= 15 is 0 Å². The van der Waals surface area contributed by atoms with Gasteiger partial charge in [-0.05, 0) is 23.3 Å². The fourth-order valence-corrected chi connectivity index (χ4v) is 3.47. The molecule has 1 unspecified atom stereocenters. The van der Waals surface area contributed by atoms with Gasteiger partial charge in [-0.3, -0.25) is 9.59 Å². The van der Waals surface area contributed by atoms with Gasteiger partial charge in [-0.15, -0.1) is 0 Å². The lowest BCUT2D eigenvalue weighted by atomic mass is 10.0. The van der Waals surface area contributed by atoms with E-state index in [0.29, 0.717) is 31.9 Å². The Morgan fingerprint density at radius 1 is 0.848 bits per heavy atom. The molecule has 0 bridgehead atoms. The number of amides is 2. The van der Waals surface area contributed by atoms with Gasteiger partial charge >= 0.3 is 0 Å². The van der Waals surface area contributed by atoms with Gasteiger partial charge in [0.2, 0.25) is 5.91 Å². The number of carbonyl (C=O) groups excluding carboxylic acids is 2. The molecule has 2 amide bonds. The average molecular weight is 447 g/mol. The summed E-state index contributed by atoms with van der Waals surface area (Å²) in [6, 6.07) is 27.8. The number of hydrogen-bond donors (Lipinski definition) is 1. The summed E-state index contributed by atoms with van der Waals surface area (Å²) in [4.78, 5) is 28.2. The minimum absolute atomic E-state index is 0.159. The van der Waals surface area contributed by atoms with E-state index in [0.717, 1.165) is 11.1 Å². The van der Waals surface area contributed by atoms with Crippen LogP contribution in [0.4, 0.5) is 0 Å². The summed E-state index contributed by atoms with van der Waals surface area (Å²) in [6.45, 7) is 0.905. The Bertz CT molecular complexity index is 981. The molecule has 0 radical (unpaired) electrons. The van der Waals surface area contributed by atoms with Gasteiger partial charge < -0.3 is 19.7 Å². The van der Waals surface area contributed by atoms with Crippen LogP contribution in [0.25, 0.3) is 0 Å². The summed E-state index contributed by atoms with van der Waals surface area (Å²) in [5.41, 5.74) is 1.91. The summed E-state index contributed by atoms with van der Waals surface area (Å²) in [5, 5.41) is 2.90. The number of benzene rings is 3. The normalized spacial score (nSPS) is 11.4. The first-order valence-electron chi connectivity index (χ1n) is 11.0. The quantitative estimate of drug-likeness (QED) is 0.433. The maximum atomic E-state index is 13.4. The predicted molar refractivity (Wildman–Crippen MR) is 128 cm³/mol. The zero-order valence-electron chi connectivity index (χ0n) is 18.9. The van der Waals surface area contributed by atoms with E-state index in [1.54, 1.807) is 24.1 Å². The number of carbonyl (C=O) groups is 2. The Morgan fingerprint density at radius 2 is 1.42 bits per heavy atom. The van der Waals surface area contributed by atoms with Crippen LogP contribution in [0, 0.1) is 0 Å². The second-order valence-corrected chi connectivity index (χ2v) is 7.60. The standard InChI is InChI=1S/C27H30N2O4/c1-32-18-17-28-27(31)25(19-22-11-5-2-6-12-22)29(20-23-13-7-3-8-14-23)26(30)21-33-24-15-9-4-10-16-24/h2-16,25H,17-21H2,1H3,(H,28,31). The SMILES string of the molecule is COCCNC(=O)C(Cc1ccccc1)N(Cc1ccccc1)C(=O)COc1ccccc1. The first-order chi connectivity index (χ1) is 16.2. The highest BCUT2D eigenvalue weighted by molar-refractivity contribution is 5.88. The van der Waals surface area contributed by atoms with Crippen LogP contribution in [0.15, 0.2) is 91.0 Å². The Balaban J connectivity index is 1.85. The maximum absolute atomic E-state index is 13.4. The fraction of sp³-hybridized carbons (Fsp3) is 0.259. The van der Waals surface area contributed by atoms with Crippen molar-refractivity contribution in [2.45, 2.75) is 19.0 Å². The highest BCUT2D eigenvalue weighted by Gasteiger charge is 2.30. The highest BCUT2D eigenvalue weighted by atomic mass is 16.5. The van der Waals surface area contributed by atoms with Crippen molar-refractivity contribution in [3.8, 4) is 5.75 Å². The molecule has 0 aromatic heterocycles. The number of nitrogens with one attached hydrogen (secondary N) is 1. The van der Waals surface area contributed by atoms with Crippen LogP contribution in [0.1, 0.15) is 11.1 Å². The summed E-state index contributed by atoms with van der Waals surface area (Å²) >= 11 is 0. The number of ether oxygens (including phenoxy) is 2. The molecule has 3 rings (SSSR count). The Morgan fingerprint density at radius 3 is 2.03 bits per heavy atom. The third kappa shape index (κ3) is 7.77. The Hall–Kier alpha value is -3.64. The third-order valence-electron chi connectivity index (χ3n) is 5.18. The van der Waals surface area contributed by atoms with Crippen molar-refractivity contribution in [1.82, 2.24) is 10.2 Å². The van der Waals surface area contributed by atoms with E-state index in [1.807, 2.05) is 78.9 Å². The van der Waals surface area contributed by atoms with Crippen molar-refractivity contribution in [3.05, 3.63) is 102 Å². The van der Waals surface area contributed by atoms with E-state index in [-0.39, 0.29) is 18.4 Å². The molecule has 0 spiro atoms. The van der Waals surface area contributed by atoms with E-state index in [2.05, 4.69) is 5.32 Å². The molecule has 0 aliphatic rings. The van der Waals surface area contributed by atoms with Crippen LogP contribution in [0.5, 0.6) is 5.75 Å². The molecule has 0 heterocycles. The first-order valence-corrected chi connectivity index (χ1v) is 11.0. The third-order valence-corrected chi connectivity index (χ3v) is 5.18. The lowest BCUT2D eigenvalue weighted by molar-refractivity contribution is -0.142. The van der Waals surface area contributed by atoms with Crippen LogP contribution in [-0.4, -0.2) is 49.6 Å². The largest absolute Gasteiger partial charge is 0.484 e. The molecule has 0 aliphatic heterocycles. The van der Waals surface area contributed by atoms with E-state index < -0.39 is 6.04 Å². The first kappa shape index (κ1) is 24.0. The zero-order valence-corrected chi connectivity index (χ0v) is 18.9. The molecule has 6 heteroatoms. The van der Waals surface area contributed by atoms with Crippen LogP contribution >= 0.6 is 0 Å². The van der Waals surface area contributed by atoms with Crippen molar-refractivity contribution >= 4 is 11.8 Å². The van der Waals surface area contributed by atoms with E-state index in [1.165, 1.54) is 0 Å². The number of methoxy groups -OCH3 is 1. The van der Waals surface area contributed by atoms with Gasteiger partial charge in [0, 0.05) is 26.6 Å². The molecule has 1 N–H and O–H groups in total. The van der Waals surface area contributed by atoms with Gasteiger partial charge in [-0.2, -0.15) is 0 Å². The molecule has 3 aromatic carbocycles. The van der Waals surface area contributed by atoms with E-state index in [9.17, 15) is 9.59 Å². The number of para-hydroxylation sites is 1. The summed E-state index contributed by atoms with van der Waals surface area (Å²) in [5.74, 6) is 0.125. The van der Waals surface area contributed by atoms with Crippen molar-refractivity contribution < 1.29 is 19.1 Å². The maximum Gasteiger partial charge on any atom is 0.261 e. The molecule has 3 aromatic rings. The smallest absolute Gasteiger partial charge is 0.261 e. The second kappa shape index (κ2) is 13.0. The molecule has 33 heavy (non-hydrogen) atoms. The number of rotatable bonds is 12. The molecule has 172 valence electrons. The molecule has 6 nitrogen and oxygen atoms in total. The molecule has 0 saturated carbocycles. The number of nitrogens with zero attached hydrogens (tertiary/aromatic N) is 1. The molecule has 0 aliphatic carbocycles. The monoisotopic (exact) mass is 446 g/mol. The number of hydrogen-bond acceptors (Lipinski definition) is 4. The van der Waals surface area contributed by atoms with Crippen LogP contribution in [-0.2, 0) is 27.3 Å². The molecule has 0 saturated heterocycles. The van der Waals surface area contributed by atoms with Crippen LogP contribution in [0.3, 0.4) is 0 Å². The fourth-order valence-electron chi connectivity index (χ4n) is 3.47. The van der Waals surface area contributed by atoms with Gasteiger partial charge in [-0.25, -0.2) is 0 Å². The van der Waals surface area contributed by atoms with Crippen molar-refractivity contribution in [2.75, 3.05) is 26.9 Å². The van der Waals surface area contributed by atoms with Gasteiger partial charge in [0.25, 0.3) is 5.91 Å². The summed E-state index contributed by atoms with van der Waals surface area (Å²) in [7, 11) is 1.58. The minimum atomic E-state index is -0.698. The molecule has 0 fully saturated rings. The van der Waals surface area contributed by atoms with Crippen LogP contribution < -0.4 is 10.1 Å². The molecular weight excluding hydrogens is 416 g/mol. The zero-order chi connectivity index (χ0) is 23.3. The van der Waals surface area contributed by atoms with Gasteiger partial charge in [-0.1, -0.05) is 78.9 Å². The Kier molecular flexibility index (Phi) is 9.48. The predicted octanol–water partition coefficient (Wildman–Crippen LogP) is 3.47. The van der Waals surface area contributed by atoms with Crippen LogP contribution in [0.2, 0.25) is 0 Å². The second-order valence-electron chi connectivity index (χ2n) is 7.60. The van der Waals surface area contributed by atoms with Crippen molar-refractivity contribution in [1.29, 1.82) is 0 Å². The van der Waals surface area contributed by atoms with Gasteiger partial charge in [0.1, 0.15) is 11.8 Å². The minimum Gasteiger partial charge on any atom is -0.484 e. The molecular formula is C27H30N2O4. The lowest BCUT2D eigenvalue weighted by Gasteiger charge is -2.31. The van der Waals surface area contributed by atoms with Crippen molar-refractivity contribution in [3.63, 3.8) is 0 Å². The summed E-state index contributed by atoms with van der Waals surface area (Å²) in [6.07, 6.45) is 0.392. The lowest BCUT2D eigenvalue weighted by Crippen LogP contribution is -2.52. The highest BCUT2D eigenvalue weighted by Crippen LogP contribution is 2.16.